The molecule has 0 radical (unpaired) electrons. The summed E-state index contributed by atoms with van der Waals surface area (Å²) >= 11 is 11.8. The fourth-order valence-corrected chi connectivity index (χ4v) is 2.13. The predicted molar refractivity (Wildman–Crippen MR) is 86.8 cm³/mol. The number of phenols is 1. The second-order valence-corrected chi connectivity index (χ2v) is 5.18. The lowest BCUT2D eigenvalue weighted by Crippen LogP contribution is -2.13. The minimum Gasteiger partial charge on any atom is -0.508 e. The van der Waals surface area contributed by atoms with Gasteiger partial charge in [-0.05, 0) is 48.0 Å². The summed E-state index contributed by atoms with van der Waals surface area (Å²) in [5, 5.41) is 21.7. The Kier molecular flexibility index (Phi) is 5.05. The number of nitrogens with zero attached hydrogens (tertiary/aromatic N) is 1. The van der Waals surface area contributed by atoms with E-state index in [-0.39, 0.29) is 11.3 Å². The SMILES string of the molecule is N#C/C(=C\c1ccc(Cl)cc1Cl)C(=O)Nc1ccc(O)cc1. The van der Waals surface area contributed by atoms with Crippen molar-refractivity contribution in [3.8, 4) is 11.8 Å². The summed E-state index contributed by atoms with van der Waals surface area (Å²) in [5.74, 6) is -0.485. The van der Waals surface area contributed by atoms with E-state index in [0.29, 0.717) is 21.3 Å². The Morgan fingerprint density at radius 1 is 1.18 bits per heavy atom. The summed E-state index contributed by atoms with van der Waals surface area (Å²) in [5.41, 5.74) is 0.881. The van der Waals surface area contributed by atoms with Gasteiger partial charge in [-0.2, -0.15) is 5.26 Å². The molecule has 2 rings (SSSR count). The average Bonchev–Trinajstić information content (AvgIpc) is 2.49. The molecule has 0 atom stereocenters. The standard InChI is InChI=1S/C16H10Cl2N2O2/c17-12-2-1-10(15(18)8-12)7-11(9-19)16(22)20-13-3-5-14(21)6-4-13/h1-8,21H,(H,20,22)/b11-7+. The largest absolute Gasteiger partial charge is 0.508 e. The van der Waals surface area contributed by atoms with Crippen LogP contribution in [0.1, 0.15) is 5.56 Å². The molecule has 0 fully saturated rings. The van der Waals surface area contributed by atoms with Gasteiger partial charge in [0.15, 0.2) is 0 Å². The molecule has 0 saturated carbocycles. The van der Waals surface area contributed by atoms with Crippen molar-refractivity contribution >= 4 is 40.9 Å². The molecule has 2 N–H and O–H groups in total. The van der Waals surface area contributed by atoms with Crippen LogP contribution in [-0.4, -0.2) is 11.0 Å². The van der Waals surface area contributed by atoms with E-state index in [2.05, 4.69) is 5.32 Å². The van der Waals surface area contributed by atoms with Crippen LogP contribution < -0.4 is 5.32 Å². The van der Waals surface area contributed by atoms with E-state index in [1.54, 1.807) is 12.1 Å². The van der Waals surface area contributed by atoms with Crippen molar-refractivity contribution in [3.05, 3.63) is 63.6 Å². The third kappa shape index (κ3) is 4.01. The number of carbonyl (C=O) groups is 1. The van der Waals surface area contributed by atoms with Gasteiger partial charge in [0, 0.05) is 15.7 Å². The molecule has 6 heteroatoms. The molecule has 0 unspecified atom stereocenters. The minimum atomic E-state index is -0.570. The molecular weight excluding hydrogens is 323 g/mol. The predicted octanol–water partition coefficient (Wildman–Crippen LogP) is 4.24. The van der Waals surface area contributed by atoms with Gasteiger partial charge < -0.3 is 10.4 Å². The Hall–Kier alpha value is -2.48. The molecule has 2 aromatic rings. The third-order valence-electron chi connectivity index (χ3n) is 2.75. The number of hydrogen-bond donors (Lipinski definition) is 2. The number of amides is 1. The number of halogens is 2. The fourth-order valence-electron chi connectivity index (χ4n) is 1.67. The van der Waals surface area contributed by atoms with Crippen LogP contribution in [0.5, 0.6) is 5.75 Å². The number of hydrogen-bond acceptors (Lipinski definition) is 3. The molecule has 0 saturated heterocycles. The molecule has 110 valence electrons. The first-order valence-corrected chi connectivity index (χ1v) is 6.92. The smallest absolute Gasteiger partial charge is 0.266 e. The van der Waals surface area contributed by atoms with Crippen LogP contribution in [0.15, 0.2) is 48.0 Å². The number of carbonyl (C=O) groups excluding carboxylic acids is 1. The first kappa shape index (κ1) is 15.9. The second-order valence-electron chi connectivity index (χ2n) is 4.34. The fraction of sp³-hybridized carbons (Fsp3) is 0. The monoisotopic (exact) mass is 332 g/mol. The lowest BCUT2D eigenvalue weighted by atomic mass is 10.1. The van der Waals surface area contributed by atoms with E-state index in [1.807, 2.05) is 6.07 Å². The molecule has 1 amide bonds. The van der Waals surface area contributed by atoms with Gasteiger partial charge in [0.05, 0.1) is 0 Å². The van der Waals surface area contributed by atoms with Gasteiger partial charge in [-0.25, -0.2) is 0 Å². The first-order chi connectivity index (χ1) is 10.5. The van der Waals surface area contributed by atoms with Crippen LogP contribution >= 0.6 is 23.2 Å². The molecular formula is C16H10Cl2N2O2. The highest BCUT2D eigenvalue weighted by Gasteiger charge is 2.10. The van der Waals surface area contributed by atoms with E-state index in [0.717, 1.165) is 0 Å². The molecule has 2 aromatic carbocycles. The number of rotatable bonds is 3. The number of nitriles is 1. The molecule has 0 heterocycles. The Morgan fingerprint density at radius 3 is 2.45 bits per heavy atom. The topological polar surface area (TPSA) is 73.1 Å². The van der Waals surface area contributed by atoms with Crippen LogP contribution in [0.2, 0.25) is 10.0 Å². The Labute approximate surface area is 137 Å². The van der Waals surface area contributed by atoms with Crippen LogP contribution in [0.3, 0.4) is 0 Å². The van der Waals surface area contributed by atoms with Crippen molar-refractivity contribution in [2.45, 2.75) is 0 Å². The highest BCUT2D eigenvalue weighted by molar-refractivity contribution is 6.35. The summed E-state index contributed by atoms with van der Waals surface area (Å²) in [6, 6.07) is 12.5. The number of nitrogens with one attached hydrogen (secondary N) is 1. The van der Waals surface area contributed by atoms with Crippen molar-refractivity contribution in [2.24, 2.45) is 0 Å². The van der Waals surface area contributed by atoms with Crippen LogP contribution in [0.25, 0.3) is 6.08 Å². The lowest BCUT2D eigenvalue weighted by molar-refractivity contribution is -0.112. The van der Waals surface area contributed by atoms with Crippen molar-refractivity contribution < 1.29 is 9.90 Å². The van der Waals surface area contributed by atoms with Crippen molar-refractivity contribution in [1.82, 2.24) is 0 Å². The summed E-state index contributed by atoms with van der Waals surface area (Å²) < 4.78 is 0. The number of phenolic OH excluding ortho intramolecular Hbond substituents is 1. The zero-order chi connectivity index (χ0) is 16.1. The number of benzene rings is 2. The molecule has 0 aromatic heterocycles. The molecule has 22 heavy (non-hydrogen) atoms. The van der Waals surface area contributed by atoms with Gasteiger partial charge in [-0.1, -0.05) is 29.3 Å². The maximum absolute atomic E-state index is 12.1. The van der Waals surface area contributed by atoms with Gasteiger partial charge in [-0.3, -0.25) is 4.79 Å². The summed E-state index contributed by atoms with van der Waals surface area (Å²) in [4.78, 5) is 12.1. The van der Waals surface area contributed by atoms with E-state index in [1.165, 1.54) is 36.4 Å². The Balaban J connectivity index is 2.23. The Bertz CT molecular complexity index is 778. The molecule has 0 aliphatic heterocycles. The van der Waals surface area contributed by atoms with Gasteiger partial charge in [0.1, 0.15) is 17.4 Å². The van der Waals surface area contributed by atoms with Crippen molar-refractivity contribution in [2.75, 3.05) is 5.32 Å². The highest BCUT2D eigenvalue weighted by Crippen LogP contribution is 2.23. The van der Waals surface area contributed by atoms with Crippen molar-refractivity contribution in [1.29, 1.82) is 5.26 Å². The highest BCUT2D eigenvalue weighted by atomic mass is 35.5. The van der Waals surface area contributed by atoms with E-state index in [9.17, 15) is 9.90 Å². The minimum absolute atomic E-state index is 0.0852. The molecule has 0 aliphatic rings. The zero-order valence-corrected chi connectivity index (χ0v) is 12.7. The van der Waals surface area contributed by atoms with E-state index >= 15 is 0 Å². The van der Waals surface area contributed by atoms with Crippen LogP contribution in [-0.2, 0) is 4.79 Å². The number of anilines is 1. The van der Waals surface area contributed by atoms with Gasteiger partial charge >= 0.3 is 0 Å². The summed E-state index contributed by atoms with van der Waals surface area (Å²) in [6.45, 7) is 0. The summed E-state index contributed by atoms with van der Waals surface area (Å²) in [6.07, 6.45) is 1.38. The molecule has 4 nitrogen and oxygen atoms in total. The first-order valence-electron chi connectivity index (χ1n) is 6.17. The molecule has 0 bridgehead atoms. The van der Waals surface area contributed by atoms with Crippen molar-refractivity contribution in [3.63, 3.8) is 0 Å². The average molecular weight is 333 g/mol. The van der Waals surface area contributed by atoms with E-state index < -0.39 is 5.91 Å². The maximum atomic E-state index is 12.1. The third-order valence-corrected chi connectivity index (χ3v) is 3.32. The molecule has 0 aliphatic carbocycles. The van der Waals surface area contributed by atoms with Crippen LogP contribution in [0, 0.1) is 11.3 Å². The summed E-state index contributed by atoms with van der Waals surface area (Å²) in [7, 11) is 0. The quantitative estimate of drug-likeness (QED) is 0.501. The van der Waals surface area contributed by atoms with E-state index in [4.69, 9.17) is 28.5 Å². The number of aromatic hydroxyl groups is 1. The van der Waals surface area contributed by atoms with Gasteiger partial charge in [0.25, 0.3) is 5.91 Å². The normalized spacial score (nSPS) is 10.9. The van der Waals surface area contributed by atoms with Crippen LogP contribution in [0.4, 0.5) is 5.69 Å². The van der Waals surface area contributed by atoms with Gasteiger partial charge in [-0.15, -0.1) is 0 Å². The lowest BCUT2D eigenvalue weighted by Gasteiger charge is -2.05. The molecule has 0 spiro atoms. The second kappa shape index (κ2) is 6.99. The maximum Gasteiger partial charge on any atom is 0.266 e. The van der Waals surface area contributed by atoms with Gasteiger partial charge in [0.2, 0.25) is 0 Å². The Morgan fingerprint density at radius 2 is 1.86 bits per heavy atom. The zero-order valence-electron chi connectivity index (χ0n) is 11.2.